The molecule has 1 N–H and O–H groups in total. The maximum atomic E-state index is 13.2. The molecule has 0 radical (unpaired) electrons. The van der Waals surface area contributed by atoms with E-state index < -0.39 is 37.9 Å². The summed E-state index contributed by atoms with van der Waals surface area (Å²) in [5, 5.41) is 4.84. The van der Waals surface area contributed by atoms with Crippen LogP contribution in [0.2, 0.25) is 0 Å². The van der Waals surface area contributed by atoms with Gasteiger partial charge in [-0.15, -0.1) is 5.43 Å². The van der Waals surface area contributed by atoms with Gasteiger partial charge >= 0.3 is 6.61 Å². The highest BCUT2D eigenvalue weighted by Gasteiger charge is 2.45. The lowest BCUT2D eigenvalue weighted by molar-refractivity contribution is -0.652. The summed E-state index contributed by atoms with van der Waals surface area (Å²) in [6, 6.07) is 5.64. The highest BCUT2D eigenvalue weighted by atomic mass is 32.2. The number of rotatable bonds is 7. The van der Waals surface area contributed by atoms with E-state index in [0.29, 0.717) is 49.8 Å². The predicted octanol–water partition coefficient (Wildman–Crippen LogP) is 2.62. The van der Waals surface area contributed by atoms with Crippen LogP contribution in [0.5, 0.6) is 5.75 Å². The lowest BCUT2D eigenvalue weighted by atomic mass is 9.90. The number of hydrogen-bond acceptors (Lipinski definition) is 7. The van der Waals surface area contributed by atoms with Gasteiger partial charge in [-0.05, 0) is 44.7 Å². The molecular formula is C24H31F2N4O6S2+. The van der Waals surface area contributed by atoms with Crippen molar-refractivity contribution in [2.45, 2.75) is 69.7 Å². The molecule has 14 heteroatoms. The molecule has 1 aromatic heterocycles. The molecule has 3 heterocycles. The van der Waals surface area contributed by atoms with E-state index in [1.165, 1.54) is 12.1 Å². The second-order valence-corrected chi connectivity index (χ2v) is 15.2. The first-order valence-corrected chi connectivity index (χ1v) is 16.3. The Bertz CT molecular complexity index is 1450. The average Bonchev–Trinajstić information content (AvgIpc) is 3.34. The number of nitroso groups, excluding NO2 is 1. The summed E-state index contributed by atoms with van der Waals surface area (Å²) < 4.78 is 80.1. The lowest BCUT2D eigenvalue weighted by Crippen LogP contribution is -2.52. The number of aromatic nitrogens is 2. The van der Waals surface area contributed by atoms with E-state index >= 15 is 0 Å². The molecule has 2 aromatic rings. The maximum absolute atomic E-state index is 13.2. The molecule has 1 aliphatic carbocycles. The van der Waals surface area contributed by atoms with Gasteiger partial charge in [-0.1, -0.05) is 12.1 Å². The molecule has 5 rings (SSSR count). The van der Waals surface area contributed by atoms with Gasteiger partial charge in [0, 0.05) is 23.2 Å². The first kappa shape index (κ1) is 27.0. The van der Waals surface area contributed by atoms with Gasteiger partial charge in [-0.25, -0.2) is 16.8 Å². The minimum Gasteiger partial charge on any atom is -0.435 e. The number of sulfone groups is 2. The molecule has 1 aromatic carbocycles. The van der Waals surface area contributed by atoms with E-state index in [1.54, 1.807) is 19.1 Å². The van der Waals surface area contributed by atoms with Gasteiger partial charge < -0.3 is 4.74 Å². The number of benzene rings is 1. The second kappa shape index (κ2) is 9.85. The largest absolute Gasteiger partial charge is 0.435 e. The first-order chi connectivity index (χ1) is 17.8. The van der Waals surface area contributed by atoms with Crippen LogP contribution >= 0.6 is 0 Å². The minimum absolute atomic E-state index is 0.00735. The van der Waals surface area contributed by atoms with Crippen molar-refractivity contribution in [1.29, 1.82) is 0 Å². The molecule has 3 aliphatic rings. The average molecular weight is 574 g/mol. The third kappa shape index (κ3) is 5.70. The molecule has 38 heavy (non-hydrogen) atoms. The summed E-state index contributed by atoms with van der Waals surface area (Å²) in [6.07, 6.45) is 2.45. The Balaban J connectivity index is 1.45. The molecule has 10 nitrogen and oxygen atoms in total. The number of fused-ring (bicyclic) bond motifs is 1. The number of hydrazine groups is 1. The zero-order chi connectivity index (χ0) is 27.3. The third-order valence-corrected chi connectivity index (χ3v) is 11.3. The molecule has 0 bridgehead atoms. The van der Waals surface area contributed by atoms with Crippen molar-refractivity contribution < 1.29 is 35.2 Å². The Morgan fingerprint density at radius 3 is 2.53 bits per heavy atom. The van der Waals surface area contributed by atoms with Crippen LogP contribution in [-0.2, 0) is 32.5 Å². The van der Waals surface area contributed by atoms with Crippen molar-refractivity contribution in [2.24, 2.45) is 0 Å². The maximum Gasteiger partial charge on any atom is 0.387 e. The van der Waals surface area contributed by atoms with E-state index in [4.69, 9.17) is 5.10 Å². The molecule has 0 spiro atoms. The fourth-order valence-corrected chi connectivity index (χ4v) is 9.30. The van der Waals surface area contributed by atoms with Gasteiger partial charge in [-0.3, -0.25) is 4.68 Å². The van der Waals surface area contributed by atoms with Crippen LogP contribution in [0.4, 0.5) is 8.78 Å². The van der Waals surface area contributed by atoms with Gasteiger partial charge in [0.15, 0.2) is 9.84 Å². The van der Waals surface area contributed by atoms with Crippen LogP contribution in [0, 0.1) is 4.91 Å². The molecule has 2 saturated heterocycles. The highest BCUT2D eigenvalue weighted by Crippen LogP contribution is 2.37. The van der Waals surface area contributed by atoms with E-state index in [9.17, 15) is 30.5 Å². The molecule has 0 amide bonds. The number of halogens is 2. The first-order valence-electron chi connectivity index (χ1n) is 12.6. The Morgan fingerprint density at radius 1 is 1.13 bits per heavy atom. The van der Waals surface area contributed by atoms with Gasteiger partial charge in [0.1, 0.15) is 26.0 Å². The quantitative estimate of drug-likeness (QED) is 0.396. The van der Waals surface area contributed by atoms with E-state index in [0.717, 1.165) is 16.1 Å². The van der Waals surface area contributed by atoms with Gasteiger partial charge in [-0.2, -0.15) is 13.9 Å². The van der Waals surface area contributed by atoms with Crippen LogP contribution < -0.4 is 10.2 Å². The normalized spacial score (nSPS) is 26.7. The van der Waals surface area contributed by atoms with Crippen molar-refractivity contribution in [3.63, 3.8) is 0 Å². The summed E-state index contributed by atoms with van der Waals surface area (Å²) in [5.74, 6) is 0.0314. The number of hydrogen-bond donors (Lipinski definition) is 1. The zero-order valence-corrected chi connectivity index (χ0v) is 22.6. The molecule has 2 aliphatic heterocycles. The van der Waals surface area contributed by atoms with Gasteiger partial charge in [0.2, 0.25) is 6.04 Å². The van der Waals surface area contributed by atoms with Crippen LogP contribution in [0.25, 0.3) is 11.3 Å². The van der Waals surface area contributed by atoms with E-state index in [2.05, 4.69) is 10.2 Å². The molecule has 0 unspecified atom stereocenters. The number of alkyl halides is 2. The number of nitrogens with one attached hydrogen (secondary N) is 1. The Kier molecular flexibility index (Phi) is 6.99. The Hall–Kier alpha value is -2.61. The minimum atomic E-state index is -3.20. The smallest absolute Gasteiger partial charge is 0.387 e. The van der Waals surface area contributed by atoms with Crippen LogP contribution in [-0.4, -0.2) is 72.7 Å². The topological polar surface area (TPSA) is 127 Å². The highest BCUT2D eigenvalue weighted by molar-refractivity contribution is 7.91. The summed E-state index contributed by atoms with van der Waals surface area (Å²) in [6.45, 7) is -1.23. The third-order valence-electron chi connectivity index (χ3n) is 7.69. The monoisotopic (exact) mass is 573 g/mol. The zero-order valence-electron chi connectivity index (χ0n) is 21.0. The standard InChI is InChI=1S/C24H31F2N4O6S2/c1-24(9-12-38(34,35)15-24)28-30(31)18-5-6-20-21(14-18)29(17-7-10-37(32,33)11-8-17)27-22(20)16-3-2-4-19(13-16)36-23(25)26/h2-4,13,17-18,23H,5-12,14-15H2,1H3,(H,28,31)/q+1/t18-,24+/m1/s1. The second-order valence-electron chi connectivity index (χ2n) is 10.7. The van der Waals surface area contributed by atoms with Crippen molar-refractivity contribution in [2.75, 3.05) is 23.0 Å². The summed E-state index contributed by atoms with van der Waals surface area (Å²) in [7, 11) is -6.30. The van der Waals surface area contributed by atoms with E-state index in [1.807, 2.05) is 4.68 Å². The Labute approximate surface area is 220 Å². The molecule has 0 saturated carbocycles. The lowest BCUT2D eigenvalue weighted by Gasteiger charge is -2.26. The van der Waals surface area contributed by atoms with Crippen LogP contribution in [0.3, 0.4) is 0 Å². The van der Waals surface area contributed by atoms with Crippen molar-refractivity contribution in [3.05, 3.63) is 40.4 Å². The van der Waals surface area contributed by atoms with E-state index in [-0.39, 0.29) is 34.8 Å². The summed E-state index contributed by atoms with van der Waals surface area (Å²) >= 11 is 0. The SMILES string of the molecule is C[C@]1(N[N+](=O)[C@@H]2CCc3c(-c4cccc(OC(F)F)c4)nn(C4CCS(=O)(=O)CC4)c3C2)CCS(=O)(=O)C1. The molecular weight excluding hydrogens is 542 g/mol. The molecule has 2 fully saturated rings. The fraction of sp³-hybridized carbons (Fsp3) is 0.625. The predicted molar refractivity (Wildman–Crippen MR) is 135 cm³/mol. The van der Waals surface area contributed by atoms with Crippen LogP contribution in [0.15, 0.2) is 24.3 Å². The van der Waals surface area contributed by atoms with Gasteiger partial charge in [0.25, 0.3) is 0 Å². The number of nitrogens with zero attached hydrogens (tertiary/aromatic N) is 3. The van der Waals surface area contributed by atoms with Crippen LogP contribution in [0.1, 0.15) is 49.9 Å². The van der Waals surface area contributed by atoms with Crippen molar-refractivity contribution in [3.8, 4) is 17.0 Å². The molecule has 208 valence electrons. The van der Waals surface area contributed by atoms with Crippen molar-refractivity contribution in [1.82, 2.24) is 15.2 Å². The molecule has 2 atom stereocenters. The number of ether oxygens (including phenoxy) is 1. The summed E-state index contributed by atoms with van der Waals surface area (Å²) in [5.41, 5.74) is 4.96. The van der Waals surface area contributed by atoms with Gasteiger partial charge in [0.05, 0.1) is 46.1 Å². The van der Waals surface area contributed by atoms with Crippen molar-refractivity contribution >= 4 is 19.7 Å². The Morgan fingerprint density at radius 2 is 1.87 bits per heavy atom. The fourth-order valence-electron chi connectivity index (χ4n) is 5.75. The summed E-state index contributed by atoms with van der Waals surface area (Å²) in [4.78, 5) is 14.0.